The molecule has 1 rings (SSSR count). The second kappa shape index (κ2) is 21.6. The van der Waals surface area contributed by atoms with Crippen molar-refractivity contribution >= 4 is 51.2 Å². The van der Waals surface area contributed by atoms with Crippen LogP contribution in [-0.4, -0.2) is 107 Å². The molecule has 12 nitrogen and oxygen atoms in total. The van der Waals surface area contributed by atoms with Gasteiger partial charge in [-0.3, -0.25) is 0 Å². The molecular weight excluding hydrogens is 338 g/mol. The van der Waals surface area contributed by atoms with E-state index in [9.17, 15) is 0 Å². The van der Waals surface area contributed by atoms with Crippen molar-refractivity contribution in [2.24, 2.45) is 0 Å². The Hall–Kier alpha value is -0.403. The summed E-state index contributed by atoms with van der Waals surface area (Å²) in [5, 5.41) is 86.0. The quantitative estimate of drug-likeness (QED) is 0.193. The first-order chi connectivity index (χ1) is 11.1. The first-order valence-corrected chi connectivity index (χ1v) is 6.33. The van der Waals surface area contributed by atoms with E-state index in [0.717, 1.165) is 0 Å². The first kappa shape index (κ1) is 32.3. The first-order valence-electron chi connectivity index (χ1n) is 6.33. The Morgan fingerprint density at radius 1 is 0.520 bits per heavy atom. The molecule has 0 bridgehead atoms. The van der Waals surface area contributed by atoms with E-state index in [4.69, 9.17) is 60.3 Å². The van der Waals surface area contributed by atoms with Crippen LogP contribution in [0, 0.1) is 13.8 Å². The molecular formula is C8H21B4LiO12. The van der Waals surface area contributed by atoms with E-state index in [1.165, 1.54) is 15.4 Å². The van der Waals surface area contributed by atoms with Crippen LogP contribution < -0.4 is 4.24 Å². The Labute approximate surface area is 155 Å². The standard InChI is InChI=1S/C8H9.4BH3O3.Li/c1-7-4-3-5-8(2)6-7;4*2-1(3)4;/h4-6H,1-2H3;4*2-4H;. The Balaban J connectivity index is -0.000000119. The molecule has 0 spiro atoms. The van der Waals surface area contributed by atoms with Gasteiger partial charge in [-0.15, -0.1) is 0 Å². The van der Waals surface area contributed by atoms with Gasteiger partial charge in [-0.2, -0.15) is 0 Å². The minimum absolute atomic E-state index is 1.35. The SMILES string of the molecule is OB(O)O.OB(O)O.OB(O)O.OB(O)O.[Li][c]1cc(C)cc(C)c1. The molecule has 0 atom stereocenters. The van der Waals surface area contributed by atoms with Gasteiger partial charge in [0.25, 0.3) is 0 Å². The van der Waals surface area contributed by atoms with Crippen LogP contribution in [0.1, 0.15) is 11.1 Å². The molecule has 0 fully saturated rings. The van der Waals surface area contributed by atoms with E-state index in [0.29, 0.717) is 0 Å². The molecule has 0 radical (unpaired) electrons. The molecule has 0 saturated carbocycles. The van der Waals surface area contributed by atoms with Crippen LogP contribution in [0.2, 0.25) is 0 Å². The summed E-state index contributed by atoms with van der Waals surface area (Å²) in [6.45, 7) is 4.25. The molecule has 0 aliphatic heterocycles. The molecule has 1 aromatic rings. The summed E-state index contributed by atoms with van der Waals surface area (Å²) >= 11 is 2.12. The van der Waals surface area contributed by atoms with Crippen LogP contribution >= 0.6 is 0 Å². The van der Waals surface area contributed by atoms with Crippen LogP contribution in [0.5, 0.6) is 0 Å². The predicted molar refractivity (Wildman–Crippen MR) is 90.9 cm³/mol. The average Bonchev–Trinajstić information content (AvgIpc) is 2.22. The molecule has 138 valence electrons. The summed E-state index contributed by atoms with van der Waals surface area (Å²) in [5.41, 5.74) is 2.71. The molecule has 0 aliphatic carbocycles. The second-order valence-electron chi connectivity index (χ2n) is 4.05. The third-order valence-electron chi connectivity index (χ3n) is 1.37. The average molecular weight is 359 g/mol. The van der Waals surface area contributed by atoms with Crippen LogP contribution in [-0.2, 0) is 0 Å². The van der Waals surface area contributed by atoms with E-state index >= 15 is 0 Å². The van der Waals surface area contributed by atoms with Gasteiger partial charge in [-0.05, 0) is 0 Å². The summed E-state index contributed by atoms with van der Waals surface area (Å²) in [7, 11) is -8.67. The zero-order valence-corrected chi connectivity index (χ0v) is 13.9. The second-order valence-corrected chi connectivity index (χ2v) is 4.05. The molecule has 25 heavy (non-hydrogen) atoms. The van der Waals surface area contributed by atoms with E-state index in [1.54, 1.807) is 0 Å². The number of benzene rings is 1. The fourth-order valence-electron chi connectivity index (χ4n) is 1.20. The molecule has 1 aromatic carbocycles. The van der Waals surface area contributed by atoms with Gasteiger partial charge >= 0.3 is 94.4 Å². The third kappa shape index (κ3) is 81.8. The number of hydrogen-bond donors (Lipinski definition) is 12. The molecule has 0 saturated heterocycles. The van der Waals surface area contributed by atoms with Crippen molar-refractivity contribution in [3.05, 3.63) is 29.3 Å². The van der Waals surface area contributed by atoms with Gasteiger partial charge in [0.05, 0.1) is 0 Å². The zero-order valence-electron chi connectivity index (χ0n) is 13.9. The predicted octanol–water partition coefficient (Wildman–Crippen LogP) is -7.11. The summed E-state index contributed by atoms with van der Waals surface area (Å²) in [6, 6.07) is 6.56. The van der Waals surface area contributed by atoms with Gasteiger partial charge in [-0.1, -0.05) is 0 Å². The third-order valence-corrected chi connectivity index (χ3v) is 1.37. The molecule has 17 heteroatoms. The Morgan fingerprint density at radius 2 is 0.680 bits per heavy atom. The number of aryl methyl sites for hydroxylation is 2. The van der Waals surface area contributed by atoms with Crippen LogP contribution in [0.3, 0.4) is 0 Å². The maximum atomic E-state index is 7.17. The summed E-state index contributed by atoms with van der Waals surface area (Å²) in [5.74, 6) is 0. The van der Waals surface area contributed by atoms with Gasteiger partial charge in [-0.25, -0.2) is 0 Å². The van der Waals surface area contributed by atoms with Gasteiger partial charge in [0.15, 0.2) is 0 Å². The monoisotopic (exact) mass is 360 g/mol. The Morgan fingerprint density at radius 3 is 0.800 bits per heavy atom. The van der Waals surface area contributed by atoms with Crippen molar-refractivity contribution in [2.45, 2.75) is 13.8 Å². The Kier molecular flexibility index (Phi) is 27.9. The van der Waals surface area contributed by atoms with Crippen LogP contribution in [0.4, 0.5) is 0 Å². The number of rotatable bonds is 0. The van der Waals surface area contributed by atoms with Gasteiger partial charge in [0.2, 0.25) is 0 Å². The molecule has 0 heterocycles. The van der Waals surface area contributed by atoms with Crippen molar-refractivity contribution in [1.82, 2.24) is 0 Å². The summed E-state index contributed by atoms with van der Waals surface area (Å²) in [6.07, 6.45) is 0. The summed E-state index contributed by atoms with van der Waals surface area (Å²) < 4.78 is 1.35. The summed E-state index contributed by atoms with van der Waals surface area (Å²) in [4.78, 5) is 0. The van der Waals surface area contributed by atoms with Crippen molar-refractivity contribution in [3.8, 4) is 0 Å². The Bertz CT molecular complexity index is 312. The normalized spacial score (nSPS) is 7.84. The van der Waals surface area contributed by atoms with Crippen molar-refractivity contribution in [1.29, 1.82) is 0 Å². The van der Waals surface area contributed by atoms with Gasteiger partial charge in [0, 0.05) is 0 Å². The fraction of sp³-hybridized carbons (Fsp3) is 0.250. The molecule has 0 unspecified atom stereocenters. The van der Waals surface area contributed by atoms with Crippen LogP contribution in [0.15, 0.2) is 18.2 Å². The molecule has 0 aromatic heterocycles. The molecule has 0 aliphatic rings. The van der Waals surface area contributed by atoms with E-state index in [1.807, 2.05) is 0 Å². The molecule has 12 N–H and O–H groups in total. The van der Waals surface area contributed by atoms with Crippen molar-refractivity contribution in [3.63, 3.8) is 0 Å². The van der Waals surface area contributed by atoms with Crippen LogP contribution in [0.25, 0.3) is 0 Å². The van der Waals surface area contributed by atoms with E-state index in [2.05, 4.69) is 49.8 Å². The number of hydrogen-bond acceptors (Lipinski definition) is 12. The topological polar surface area (TPSA) is 243 Å². The van der Waals surface area contributed by atoms with E-state index in [-0.39, 0.29) is 0 Å². The van der Waals surface area contributed by atoms with E-state index < -0.39 is 29.3 Å². The van der Waals surface area contributed by atoms with Gasteiger partial charge in [0.1, 0.15) is 0 Å². The van der Waals surface area contributed by atoms with Gasteiger partial charge < -0.3 is 60.3 Å². The van der Waals surface area contributed by atoms with Crippen molar-refractivity contribution < 1.29 is 60.3 Å². The minimum atomic E-state index is -2.17. The zero-order chi connectivity index (χ0) is 21.2. The van der Waals surface area contributed by atoms with Crippen molar-refractivity contribution in [2.75, 3.05) is 0 Å². The maximum absolute atomic E-state index is 7.17. The molecule has 0 amide bonds. The fourth-order valence-corrected chi connectivity index (χ4v) is 1.20.